The SMILES string of the molecule is COC(=O)[C@@H](NC(=O)OCc1ccccc1)[C@H](O)c1ccc(OC)cc1. The number of methoxy groups -OCH3 is 2. The van der Waals surface area contributed by atoms with Gasteiger partial charge in [-0.2, -0.15) is 0 Å². The first-order valence-electron chi connectivity index (χ1n) is 7.92. The maximum Gasteiger partial charge on any atom is 0.408 e. The van der Waals surface area contributed by atoms with Gasteiger partial charge in [-0.25, -0.2) is 9.59 Å². The van der Waals surface area contributed by atoms with E-state index >= 15 is 0 Å². The van der Waals surface area contributed by atoms with Crippen LogP contribution in [0.1, 0.15) is 17.2 Å². The molecule has 0 radical (unpaired) electrons. The van der Waals surface area contributed by atoms with Gasteiger partial charge in [0.25, 0.3) is 0 Å². The molecule has 0 aliphatic rings. The van der Waals surface area contributed by atoms with E-state index in [1.54, 1.807) is 36.4 Å². The van der Waals surface area contributed by atoms with Crippen molar-refractivity contribution in [2.45, 2.75) is 18.8 Å². The standard InChI is InChI=1S/C19H21NO6/c1-24-15-10-8-14(9-11-15)17(21)16(18(22)25-2)20-19(23)26-12-13-6-4-3-5-7-13/h3-11,16-17,21H,12H2,1-2H3,(H,20,23)/t16-,17+/m0/s1. The Bertz CT molecular complexity index is 717. The molecule has 2 rings (SSSR count). The Morgan fingerprint density at radius 2 is 1.69 bits per heavy atom. The van der Waals surface area contributed by atoms with Crippen LogP contribution in [0.2, 0.25) is 0 Å². The van der Waals surface area contributed by atoms with E-state index < -0.39 is 24.2 Å². The maximum atomic E-state index is 12.0. The highest BCUT2D eigenvalue weighted by molar-refractivity contribution is 5.82. The Morgan fingerprint density at radius 3 is 2.27 bits per heavy atom. The number of nitrogens with one attached hydrogen (secondary N) is 1. The molecular formula is C19H21NO6. The average molecular weight is 359 g/mol. The van der Waals surface area contributed by atoms with Gasteiger partial charge in [0, 0.05) is 0 Å². The Hall–Kier alpha value is -3.06. The van der Waals surface area contributed by atoms with Gasteiger partial charge in [-0.05, 0) is 23.3 Å². The summed E-state index contributed by atoms with van der Waals surface area (Å²) in [4.78, 5) is 24.0. The Morgan fingerprint density at radius 1 is 1.04 bits per heavy atom. The van der Waals surface area contributed by atoms with Crippen molar-refractivity contribution in [1.29, 1.82) is 0 Å². The van der Waals surface area contributed by atoms with E-state index in [1.165, 1.54) is 14.2 Å². The number of hydrogen-bond donors (Lipinski definition) is 2. The van der Waals surface area contributed by atoms with Crippen LogP contribution in [0, 0.1) is 0 Å². The van der Waals surface area contributed by atoms with Crippen LogP contribution >= 0.6 is 0 Å². The Labute approximate surface area is 151 Å². The van der Waals surface area contributed by atoms with Crippen molar-refractivity contribution in [3.63, 3.8) is 0 Å². The summed E-state index contributed by atoms with van der Waals surface area (Å²) in [6.07, 6.45) is -2.14. The molecule has 0 heterocycles. The molecule has 0 aliphatic heterocycles. The van der Waals surface area contributed by atoms with Crippen LogP contribution in [0.4, 0.5) is 4.79 Å². The zero-order chi connectivity index (χ0) is 18.9. The van der Waals surface area contributed by atoms with Crippen LogP contribution in [-0.2, 0) is 20.9 Å². The molecule has 2 aromatic carbocycles. The van der Waals surface area contributed by atoms with Gasteiger partial charge in [-0.1, -0.05) is 42.5 Å². The molecule has 26 heavy (non-hydrogen) atoms. The molecule has 138 valence electrons. The molecule has 2 atom stereocenters. The topological polar surface area (TPSA) is 94.1 Å². The predicted octanol–water partition coefficient (Wildman–Crippen LogP) is 2.20. The fourth-order valence-electron chi connectivity index (χ4n) is 2.28. The van der Waals surface area contributed by atoms with E-state index in [9.17, 15) is 14.7 Å². The number of carbonyl (C=O) groups is 2. The summed E-state index contributed by atoms with van der Waals surface area (Å²) in [5.41, 5.74) is 1.22. The summed E-state index contributed by atoms with van der Waals surface area (Å²) in [5.74, 6) is -0.184. The third-order valence-corrected chi connectivity index (χ3v) is 3.71. The summed E-state index contributed by atoms with van der Waals surface area (Å²) in [6, 6.07) is 14.3. The summed E-state index contributed by atoms with van der Waals surface area (Å²) < 4.78 is 14.8. The molecule has 2 aromatic rings. The fraction of sp³-hybridized carbons (Fsp3) is 0.263. The Balaban J connectivity index is 2.03. The number of aliphatic hydroxyl groups is 1. The predicted molar refractivity (Wildman–Crippen MR) is 93.5 cm³/mol. The van der Waals surface area contributed by atoms with Crippen molar-refractivity contribution in [3.05, 3.63) is 65.7 Å². The number of benzene rings is 2. The van der Waals surface area contributed by atoms with Gasteiger partial charge in [0.1, 0.15) is 18.5 Å². The zero-order valence-electron chi connectivity index (χ0n) is 14.5. The van der Waals surface area contributed by atoms with E-state index in [1.807, 2.05) is 18.2 Å². The smallest absolute Gasteiger partial charge is 0.408 e. The first-order valence-corrected chi connectivity index (χ1v) is 7.92. The quantitative estimate of drug-likeness (QED) is 0.736. The number of ether oxygens (including phenoxy) is 3. The number of hydrogen-bond acceptors (Lipinski definition) is 6. The lowest BCUT2D eigenvalue weighted by atomic mass is 10.0. The summed E-state index contributed by atoms with van der Waals surface area (Å²) >= 11 is 0. The highest BCUT2D eigenvalue weighted by Gasteiger charge is 2.31. The molecule has 0 fully saturated rings. The minimum Gasteiger partial charge on any atom is -0.497 e. The molecule has 7 heteroatoms. The number of amides is 1. The van der Waals surface area contributed by atoms with E-state index in [0.29, 0.717) is 11.3 Å². The number of rotatable bonds is 7. The lowest BCUT2D eigenvalue weighted by molar-refractivity contribution is -0.146. The first kappa shape index (κ1) is 19.3. The lowest BCUT2D eigenvalue weighted by Gasteiger charge is -2.22. The van der Waals surface area contributed by atoms with Gasteiger partial charge in [0.2, 0.25) is 0 Å². The molecule has 0 saturated heterocycles. The van der Waals surface area contributed by atoms with Crippen molar-refractivity contribution in [1.82, 2.24) is 5.32 Å². The number of carbonyl (C=O) groups excluding carboxylic acids is 2. The highest BCUT2D eigenvalue weighted by atomic mass is 16.6. The minimum atomic E-state index is -1.31. The van der Waals surface area contributed by atoms with Crippen molar-refractivity contribution in [3.8, 4) is 5.75 Å². The van der Waals surface area contributed by atoms with Gasteiger partial charge in [0.15, 0.2) is 6.04 Å². The van der Waals surface area contributed by atoms with Gasteiger partial charge in [0.05, 0.1) is 14.2 Å². The molecule has 7 nitrogen and oxygen atoms in total. The second-order valence-electron chi connectivity index (χ2n) is 5.42. The van der Waals surface area contributed by atoms with Crippen molar-refractivity contribution < 1.29 is 28.9 Å². The molecule has 0 aliphatic carbocycles. The van der Waals surface area contributed by atoms with Crippen molar-refractivity contribution in [2.75, 3.05) is 14.2 Å². The van der Waals surface area contributed by atoms with E-state index in [0.717, 1.165) is 5.56 Å². The Kier molecular flexibility index (Phi) is 6.99. The van der Waals surface area contributed by atoms with Gasteiger partial charge >= 0.3 is 12.1 Å². The first-order chi connectivity index (χ1) is 12.5. The monoisotopic (exact) mass is 359 g/mol. The molecule has 0 spiro atoms. The van der Waals surface area contributed by atoms with Gasteiger partial charge < -0.3 is 24.6 Å². The zero-order valence-corrected chi connectivity index (χ0v) is 14.5. The van der Waals surface area contributed by atoms with E-state index in [4.69, 9.17) is 9.47 Å². The average Bonchev–Trinajstić information content (AvgIpc) is 2.70. The summed E-state index contributed by atoms with van der Waals surface area (Å²) in [5, 5.41) is 12.8. The van der Waals surface area contributed by atoms with Crippen LogP contribution in [-0.4, -0.2) is 37.4 Å². The van der Waals surface area contributed by atoms with E-state index in [2.05, 4.69) is 10.1 Å². The van der Waals surface area contributed by atoms with Crippen LogP contribution in [0.25, 0.3) is 0 Å². The van der Waals surface area contributed by atoms with Crippen molar-refractivity contribution >= 4 is 12.1 Å². The minimum absolute atomic E-state index is 0.0409. The largest absolute Gasteiger partial charge is 0.497 e. The van der Waals surface area contributed by atoms with Crippen LogP contribution in [0.5, 0.6) is 5.75 Å². The van der Waals surface area contributed by atoms with Gasteiger partial charge in [-0.15, -0.1) is 0 Å². The second kappa shape index (κ2) is 9.43. The second-order valence-corrected chi connectivity index (χ2v) is 5.42. The normalized spacial score (nSPS) is 12.6. The van der Waals surface area contributed by atoms with Crippen molar-refractivity contribution in [2.24, 2.45) is 0 Å². The maximum absolute atomic E-state index is 12.0. The van der Waals surface area contributed by atoms with E-state index in [-0.39, 0.29) is 6.61 Å². The van der Waals surface area contributed by atoms with Crippen LogP contribution in [0.15, 0.2) is 54.6 Å². The molecule has 0 bridgehead atoms. The molecule has 2 N–H and O–H groups in total. The summed E-state index contributed by atoms with van der Waals surface area (Å²) in [6.45, 7) is 0.0409. The third kappa shape index (κ3) is 5.22. The van der Waals surface area contributed by atoms with Gasteiger partial charge in [-0.3, -0.25) is 0 Å². The number of alkyl carbamates (subject to hydrolysis) is 1. The summed E-state index contributed by atoms with van der Waals surface area (Å²) in [7, 11) is 2.69. The number of esters is 1. The lowest BCUT2D eigenvalue weighted by Crippen LogP contribution is -2.45. The molecule has 0 saturated carbocycles. The molecule has 1 amide bonds. The highest BCUT2D eigenvalue weighted by Crippen LogP contribution is 2.21. The third-order valence-electron chi connectivity index (χ3n) is 3.71. The number of aliphatic hydroxyl groups excluding tert-OH is 1. The fourth-order valence-corrected chi connectivity index (χ4v) is 2.28. The van der Waals surface area contributed by atoms with Crippen LogP contribution < -0.4 is 10.1 Å². The molecule has 0 aromatic heterocycles. The molecular weight excluding hydrogens is 338 g/mol. The van der Waals surface area contributed by atoms with Crippen LogP contribution in [0.3, 0.4) is 0 Å². The molecule has 0 unspecified atom stereocenters.